The summed E-state index contributed by atoms with van der Waals surface area (Å²) in [5.74, 6) is 0. The van der Waals surface area contributed by atoms with Crippen LogP contribution in [0, 0.1) is 11.3 Å². The highest BCUT2D eigenvalue weighted by molar-refractivity contribution is 5.49. The highest BCUT2D eigenvalue weighted by Crippen LogP contribution is 2.15. The second kappa shape index (κ2) is 6.95. The Morgan fingerprint density at radius 1 is 1.30 bits per heavy atom. The monoisotopic (exact) mass is 269 g/mol. The molecule has 0 aliphatic rings. The molecule has 1 heterocycles. The quantitative estimate of drug-likeness (QED) is 0.592. The molecule has 0 aliphatic heterocycles. The molecule has 0 bridgehead atoms. The highest BCUT2D eigenvalue weighted by Gasteiger charge is 2.08. The van der Waals surface area contributed by atoms with E-state index in [-0.39, 0.29) is 0 Å². The number of hydrogen-bond donors (Lipinski definition) is 0. The summed E-state index contributed by atoms with van der Waals surface area (Å²) >= 11 is 0. The SMILES string of the molecule is C/C=C/OCCN(c1ccc(C#N)cc1)n1cnnc1. The molecular formula is C14H15N5O. The largest absolute Gasteiger partial charge is 0.500 e. The number of allylic oxidation sites excluding steroid dienone is 1. The van der Waals surface area contributed by atoms with Crippen molar-refractivity contribution in [2.24, 2.45) is 0 Å². The van der Waals surface area contributed by atoms with E-state index in [2.05, 4.69) is 16.3 Å². The summed E-state index contributed by atoms with van der Waals surface area (Å²) in [6, 6.07) is 9.42. The minimum Gasteiger partial charge on any atom is -0.500 e. The lowest BCUT2D eigenvalue weighted by molar-refractivity contribution is 0.253. The number of benzene rings is 1. The summed E-state index contributed by atoms with van der Waals surface area (Å²) in [5, 5.41) is 18.4. The van der Waals surface area contributed by atoms with Crippen molar-refractivity contribution in [1.29, 1.82) is 5.26 Å². The van der Waals surface area contributed by atoms with Gasteiger partial charge in [0.05, 0.1) is 30.1 Å². The van der Waals surface area contributed by atoms with Crippen LogP contribution in [0.2, 0.25) is 0 Å². The maximum Gasteiger partial charge on any atom is 0.139 e. The van der Waals surface area contributed by atoms with Gasteiger partial charge in [-0.05, 0) is 31.2 Å². The van der Waals surface area contributed by atoms with Crippen LogP contribution in [0.25, 0.3) is 0 Å². The van der Waals surface area contributed by atoms with Crippen LogP contribution in [0.1, 0.15) is 12.5 Å². The van der Waals surface area contributed by atoms with Crippen molar-refractivity contribution in [3.63, 3.8) is 0 Å². The van der Waals surface area contributed by atoms with Crippen molar-refractivity contribution in [3.05, 3.63) is 54.8 Å². The van der Waals surface area contributed by atoms with E-state index in [0.29, 0.717) is 18.7 Å². The Morgan fingerprint density at radius 2 is 2.00 bits per heavy atom. The number of nitrogens with zero attached hydrogens (tertiary/aromatic N) is 5. The Hall–Kier alpha value is -2.81. The van der Waals surface area contributed by atoms with E-state index in [0.717, 1.165) is 5.69 Å². The lowest BCUT2D eigenvalue weighted by Crippen LogP contribution is -2.31. The van der Waals surface area contributed by atoms with Gasteiger partial charge in [-0.3, -0.25) is 5.01 Å². The van der Waals surface area contributed by atoms with Gasteiger partial charge in [0.15, 0.2) is 0 Å². The Balaban J connectivity index is 2.15. The molecule has 0 spiro atoms. The van der Waals surface area contributed by atoms with E-state index in [9.17, 15) is 0 Å². The smallest absolute Gasteiger partial charge is 0.139 e. The second-order valence-electron chi connectivity index (χ2n) is 3.96. The third kappa shape index (κ3) is 3.36. The topological polar surface area (TPSA) is 67.0 Å². The zero-order chi connectivity index (χ0) is 14.2. The molecule has 1 aromatic heterocycles. The first-order valence-corrected chi connectivity index (χ1v) is 6.20. The summed E-state index contributed by atoms with van der Waals surface area (Å²) < 4.78 is 7.13. The number of hydrogen-bond acceptors (Lipinski definition) is 5. The molecule has 102 valence electrons. The van der Waals surface area contributed by atoms with Gasteiger partial charge in [-0.2, -0.15) is 5.26 Å². The average Bonchev–Trinajstić information content (AvgIpc) is 3.02. The van der Waals surface area contributed by atoms with Gasteiger partial charge in [-0.25, -0.2) is 4.68 Å². The number of rotatable bonds is 6. The average molecular weight is 269 g/mol. The molecule has 2 rings (SSSR count). The molecule has 6 nitrogen and oxygen atoms in total. The fourth-order valence-corrected chi connectivity index (χ4v) is 1.71. The Labute approximate surface area is 117 Å². The molecule has 6 heteroatoms. The van der Waals surface area contributed by atoms with Gasteiger partial charge in [-0.1, -0.05) is 6.08 Å². The fraction of sp³-hybridized carbons (Fsp3) is 0.214. The van der Waals surface area contributed by atoms with Crippen molar-refractivity contribution in [2.45, 2.75) is 6.92 Å². The third-order valence-electron chi connectivity index (χ3n) is 2.63. The van der Waals surface area contributed by atoms with Gasteiger partial charge in [-0.15, -0.1) is 10.2 Å². The molecule has 2 aromatic rings. The van der Waals surface area contributed by atoms with Gasteiger partial charge in [0, 0.05) is 0 Å². The highest BCUT2D eigenvalue weighted by atomic mass is 16.5. The number of ether oxygens (including phenoxy) is 1. The minimum atomic E-state index is 0.530. The van der Waals surface area contributed by atoms with Gasteiger partial charge in [0.2, 0.25) is 0 Å². The van der Waals surface area contributed by atoms with Gasteiger partial charge in [0.1, 0.15) is 19.3 Å². The molecule has 0 N–H and O–H groups in total. The van der Waals surface area contributed by atoms with Crippen LogP contribution in [0.4, 0.5) is 5.69 Å². The maximum atomic E-state index is 8.84. The summed E-state index contributed by atoms with van der Waals surface area (Å²) in [4.78, 5) is 0. The van der Waals surface area contributed by atoms with Crippen LogP contribution >= 0.6 is 0 Å². The Morgan fingerprint density at radius 3 is 2.60 bits per heavy atom. The van der Waals surface area contributed by atoms with Gasteiger partial charge < -0.3 is 4.74 Å². The minimum absolute atomic E-state index is 0.530. The maximum absolute atomic E-state index is 8.84. The zero-order valence-electron chi connectivity index (χ0n) is 11.2. The lowest BCUT2D eigenvalue weighted by Gasteiger charge is -2.24. The molecule has 0 aliphatic carbocycles. The van der Waals surface area contributed by atoms with Crippen molar-refractivity contribution >= 4 is 5.69 Å². The molecule has 0 radical (unpaired) electrons. The van der Waals surface area contributed by atoms with Crippen molar-refractivity contribution in [2.75, 3.05) is 18.2 Å². The molecule has 1 aromatic carbocycles. The standard InChI is InChI=1S/C14H15N5O/c1-2-8-20-9-7-19(18-11-16-17-12-18)14-5-3-13(10-15)4-6-14/h2-6,8,11-12H,7,9H2,1H3/b8-2+. The van der Waals surface area contributed by atoms with E-state index in [1.54, 1.807) is 35.7 Å². The van der Waals surface area contributed by atoms with Crippen LogP contribution in [0.15, 0.2) is 49.3 Å². The van der Waals surface area contributed by atoms with Gasteiger partial charge in [0.25, 0.3) is 0 Å². The molecule has 0 fully saturated rings. The number of anilines is 1. The van der Waals surface area contributed by atoms with E-state index < -0.39 is 0 Å². The summed E-state index contributed by atoms with van der Waals surface area (Å²) in [6.45, 7) is 3.06. The molecule has 20 heavy (non-hydrogen) atoms. The molecular weight excluding hydrogens is 254 g/mol. The zero-order valence-corrected chi connectivity index (χ0v) is 11.2. The molecule has 0 atom stereocenters. The predicted molar refractivity (Wildman–Crippen MR) is 74.7 cm³/mol. The Kier molecular flexibility index (Phi) is 4.73. The van der Waals surface area contributed by atoms with Gasteiger partial charge >= 0.3 is 0 Å². The molecule has 0 saturated heterocycles. The van der Waals surface area contributed by atoms with Crippen LogP contribution in [-0.2, 0) is 4.74 Å². The summed E-state index contributed by atoms with van der Waals surface area (Å²) in [6.07, 6.45) is 6.73. The van der Waals surface area contributed by atoms with Crippen molar-refractivity contribution in [3.8, 4) is 6.07 Å². The number of nitriles is 1. The fourth-order valence-electron chi connectivity index (χ4n) is 1.71. The first-order chi connectivity index (χ1) is 9.85. The molecule has 0 saturated carbocycles. The van der Waals surface area contributed by atoms with Crippen LogP contribution < -0.4 is 5.01 Å². The molecule has 0 unspecified atom stereocenters. The third-order valence-corrected chi connectivity index (χ3v) is 2.63. The lowest BCUT2D eigenvalue weighted by atomic mass is 10.2. The van der Waals surface area contributed by atoms with E-state index in [1.165, 1.54) is 0 Å². The second-order valence-corrected chi connectivity index (χ2v) is 3.96. The van der Waals surface area contributed by atoms with E-state index >= 15 is 0 Å². The van der Waals surface area contributed by atoms with E-state index in [4.69, 9.17) is 10.00 Å². The normalized spacial score (nSPS) is 10.4. The van der Waals surface area contributed by atoms with Crippen LogP contribution in [0.3, 0.4) is 0 Å². The van der Waals surface area contributed by atoms with Crippen LogP contribution in [0.5, 0.6) is 0 Å². The van der Waals surface area contributed by atoms with Crippen LogP contribution in [-0.4, -0.2) is 28.0 Å². The predicted octanol–water partition coefficient (Wildman–Crippen LogP) is 1.97. The van der Waals surface area contributed by atoms with E-state index in [1.807, 2.05) is 30.1 Å². The summed E-state index contributed by atoms with van der Waals surface area (Å²) in [5.41, 5.74) is 1.57. The first-order valence-electron chi connectivity index (χ1n) is 6.20. The Bertz CT molecular complexity index is 583. The molecule has 0 amide bonds. The number of aromatic nitrogens is 3. The first kappa shape index (κ1) is 13.6. The van der Waals surface area contributed by atoms with Crippen molar-refractivity contribution < 1.29 is 4.74 Å². The summed E-state index contributed by atoms with van der Waals surface area (Å²) in [7, 11) is 0. The van der Waals surface area contributed by atoms with Crippen molar-refractivity contribution in [1.82, 2.24) is 14.9 Å².